The number of nitrogens with one attached hydrogen (secondary N) is 1. The first-order chi connectivity index (χ1) is 8.06. The van der Waals surface area contributed by atoms with Crippen LogP contribution in [0.3, 0.4) is 0 Å². The van der Waals surface area contributed by atoms with Crippen molar-refractivity contribution in [1.29, 1.82) is 0 Å². The average molecular weight is 243 g/mol. The number of rotatable bonds is 6. The van der Waals surface area contributed by atoms with Crippen LogP contribution in [0.4, 0.5) is 0 Å². The van der Waals surface area contributed by atoms with Gasteiger partial charge in [0.1, 0.15) is 0 Å². The lowest BCUT2D eigenvalue weighted by molar-refractivity contribution is -0.159. The van der Waals surface area contributed by atoms with Crippen LogP contribution in [0.1, 0.15) is 45.4 Å². The Bertz CT molecular complexity index is 235. The van der Waals surface area contributed by atoms with Crippen molar-refractivity contribution in [1.82, 2.24) is 5.32 Å². The third-order valence-electron chi connectivity index (χ3n) is 3.55. The third-order valence-corrected chi connectivity index (χ3v) is 3.55. The molecule has 2 N–H and O–H groups in total. The molecule has 1 saturated carbocycles. The minimum Gasteiger partial charge on any atom is -0.467 e. The Morgan fingerprint density at radius 3 is 2.65 bits per heavy atom. The number of esters is 1. The molecular formula is C13H25NO3. The predicted molar refractivity (Wildman–Crippen MR) is 66.7 cm³/mol. The smallest absolute Gasteiger partial charge is 0.338 e. The van der Waals surface area contributed by atoms with Gasteiger partial charge < -0.3 is 15.2 Å². The molecule has 1 aliphatic rings. The van der Waals surface area contributed by atoms with Crippen LogP contribution >= 0.6 is 0 Å². The van der Waals surface area contributed by atoms with Crippen LogP contribution in [0, 0.1) is 5.92 Å². The molecule has 0 aliphatic heterocycles. The summed E-state index contributed by atoms with van der Waals surface area (Å²) >= 11 is 0. The summed E-state index contributed by atoms with van der Waals surface area (Å²) in [4.78, 5) is 11.2. The summed E-state index contributed by atoms with van der Waals surface area (Å²) < 4.78 is 4.53. The number of hydrogen-bond acceptors (Lipinski definition) is 4. The van der Waals surface area contributed by atoms with E-state index >= 15 is 0 Å². The first-order valence-corrected chi connectivity index (χ1v) is 6.58. The summed E-state index contributed by atoms with van der Waals surface area (Å²) in [7, 11) is 1.29. The van der Waals surface area contributed by atoms with E-state index in [2.05, 4.69) is 10.1 Å². The minimum atomic E-state index is -1.42. The average Bonchev–Trinajstić information content (AvgIpc) is 2.35. The predicted octanol–water partition coefficient (Wildman–Crippen LogP) is 1.47. The number of carbonyl (C=O) groups excluding carboxylic acids is 1. The molecule has 0 aromatic rings. The lowest BCUT2D eigenvalue weighted by atomic mass is 9.87. The molecule has 1 aliphatic carbocycles. The number of hydrogen-bond donors (Lipinski definition) is 2. The van der Waals surface area contributed by atoms with Crippen LogP contribution in [0.2, 0.25) is 0 Å². The highest BCUT2D eigenvalue weighted by Crippen LogP contribution is 2.25. The lowest BCUT2D eigenvalue weighted by Crippen LogP contribution is -2.46. The summed E-state index contributed by atoms with van der Waals surface area (Å²) in [5.74, 6) is 0.238. The highest BCUT2D eigenvalue weighted by Gasteiger charge is 2.30. The van der Waals surface area contributed by atoms with Crippen molar-refractivity contribution in [3.63, 3.8) is 0 Å². The first kappa shape index (κ1) is 14.5. The molecule has 1 unspecified atom stereocenters. The van der Waals surface area contributed by atoms with Crippen molar-refractivity contribution in [3.05, 3.63) is 0 Å². The van der Waals surface area contributed by atoms with Crippen molar-refractivity contribution in [3.8, 4) is 0 Å². The van der Waals surface area contributed by atoms with E-state index < -0.39 is 11.6 Å². The molecular weight excluding hydrogens is 218 g/mol. The van der Waals surface area contributed by atoms with Gasteiger partial charge in [0.2, 0.25) is 0 Å². The molecule has 4 heteroatoms. The van der Waals surface area contributed by atoms with Gasteiger partial charge in [0.05, 0.1) is 7.11 Å². The van der Waals surface area contributed by atoms with Gasteiger partial charge in [-0.3, -0.25) is 0 Å². The van der Waals surface area contributed by atoms with E-state index in [0.29, 0.717) is 0 Å². The van der Waals surface area contributed by atoms with Crippen LogP contribution in [-0.4, -0.2) is 36.9 Å². The van der Waals surface area contributed by atoms with Gasteiger partial charge in [-0.2, -0.15) is 0 Å². The number of ether oxygens (including phenoxy) is 1. The van der Waals surface area contributed by atoms with Gasteiger partial charge >= 0.3 is 5.97 Å². The third kappa shape index (κ3) is 5.04. The van der Waals surface area contributed by atoms with Gasteiger partial charge in [-0.15, -0.1) is 0 Å². The summed E-state index contributed by atoms with van der Waals surface area (Å²) in [6.07, 6.45) is 7.87. The highest BCUT2D eigenvalue weighted by atomic mass is 16.5. The molecule has 0 bridgehead atoms. The van der Waals surface area contributed by atoms with E-state index in [1.807, 2.05) is 0 Å². The van der Waals surface area contributed by atoms with E-state index in [0.717, 1.165) is 18.9 Å². The number of carbonyl (C=O) groups is 1. The zero-order valence-electron chi connectivity index (χ0n) is 11.0. The Balaban J connectivity index is 2.12. The van der Waals surface area contributed by atoms with Crippen LogP contribution in [0.5, 0.6) is 0 Å². The van der Waals surface area contributed by atoms with Gasteiger partial charge in [0.15, 0.2) is 5.60 Å². The molecule has 0 spiro atoms. The standard InChI is InChI=1S/C13H25NO3/c1-13(16,12(15)17-2)10-14-9-8-11-6-4-3-5-7-11/h11,14,16H,3-10H2,1-2H3. The van der Waals surface area contributed by atoms with Gasteiger partial charge in [-0.1, -0.05) is 32.1 Å². The van der Waals surface area contributed by atoms with Crippen LogP contribution in [-0.2, 0) is 9.53 Å². The van der Waals surface area contributed by atoms with Gasteiger partial charge in [0.25, 0.3) is 0 Å². The molecule has 17 heavy (non-hydrogen) atoms. The SMILES string of the molecule is COC(=O)C(C)(O)CNCCC1CCCCC1. The lowest BCUT2D eigenvalue weighted by Gasteiger charge is -2.23. The normalized spacial score (nSPS) is 20.9. The van der Waals surface area contributed by atoms with Crippen molar-refractivity contribution >= 4 is 5.97 Å². The monoisotopic (exact) mass is 243 g/mol. The Kier molecular flexibility index (Phi) is 5.92. The fraction of sp³-hybridized carbons (Fsp3) is 0.923. The largest absolute Gasteiger partial charge is 0.467 e. The van der Waals surface area contributed by atoms with Crippen LogP contribution < -0.4 is 5.32 Å². The maximum absolute atomic E-state index is 11.2. The Morgan fingerprint density at radius 1 is 1.41 bits per heavy atom. The van der Waals surface area contributed by atoms with E-state index in [1.54, 1.807) is 0 Å². The van der Waals surface area contributed by atoms with Crippen LogP contribution in [0.25, 0.3) is 0 Å². The molecule has 1 rings (SSSR count). The fourth-order valence-corrected chi connectivity index (χ4v) is 2.41. The summed E-state index contributed by atoms with van der Waals surface area (Å²) in [5.41, 5.74) is -1.42. The van der Waals surface area contributed by atoms with E-state index in [9.17, 15) is 9.90 Å². The molecule has 0 saturated heterocycles. The Hall–Kier alpha value is -0.610. The topological polar surface area (TPSA) is 58.6 Å². The molecule has 0 aromatic heterocycles. The Morgan fingerprint density at radius 2 is 2.06 bits per heavy atom. The molecule has 100 valence electrons. The van der Waals surface area contributed by atoms with Crippen molar-refractivity contribution < 1.29 is 14.6 Å². The van der Waals surface area contributed by atoms with E-state index in [1.165, 1.54) is 46.1 Å². The summed E-state index contributed by atoms with van der Waals surface area (Å²) in [5, 5.41) is 12.9. The molecule has 4 nitrogen and oxygen atoms in total. The van der Waals surface area contributed by atoms with E-state index in [4.69, 9.17) is 0 Å². The first-order valence-electron chi connectivity index (χ1n) is 6.58. The highest BCUT2D eigenvalue weighted by molar-refractivity contribution is 5.78. The Labute approximate surface area is 104 Å². The molecule has 0 amide bonds. The van der Waals surface area contributed by atoms with E-state index in [-0.39, 0.29) is 6.54 Å². The number of aliphatic hydroxyl groups is 1. The molecule has 1 fully saturated rings. The van der Waals surface area contributed by atoms with Crippen molar-refractivity contribution in [2.75, 3.05) is 20.2 Å². The second-order valence-corrected chi connectivity index (χ2v) is 5.23. The molecule has 0 radical (unpaired) electrons. The fourth-order valence-electron chi connectivity index (χ4n) is 2.41. The summed E-state index contributed by atoms with van der Waals surface area (Å²) in [6, 6.07) is 0. The molecule has 0 aromatic carbocycles. The van der Waals surface area contributed by atoms with Crippen molar-refractivity contribution in [2.24, 2.45) is 5.92 Å². The zero-order chi connectivity index (χ0) is 12.7. The molecule has 1 atom stereocenters. The zero-order valence-corrected chi connectivity index (χ0v) is 11.0. The maximum Gasteiger partial charge on any atom is 0.338 e. The van der Waals surface area contributed by atoms with Crippen molar-refractivity contribution in [2.45, 2.75) is 51.0 Å². The van der Waals surface area contributed by atoms with Gasteiger partial charge in [0, 0.05) is 6.54 Å². The van der Waals surface area contributed by atoms with Crippen LogP contribution in [0.15, 0.2) is 0 Å². The maximum atomic E-state index is 11.2. The van der Waals surface area contributed by atoms with Gasteiger partial charge in [-0.25, -0.2) is 4.79 Å². The second-order valence-electron chi connectivity index (χ2n) is 5.23. The minimum absolute atomic E-state index is 0.256. The van der Waals surface area contributed by atoms with Gasteiger partial charge in [-0.05, 0) is 25.8 Å². The number of methoxy groups -OCH3 is 1. The summed E-state index contributed by atoms with van der Waals surface area (Å²) in [6.45, 7) is 2.59. The molecule has 0 heterocycles. The quantitative estimate of drug-likeness (QED) is 0.548. The second kappa shape index (κ2) is 6.97.